The topological polar surface area (TPSA) is 142 Å². The van der Waals surface area contributed by atoms with E-state index in [0.717, 1.165) is 16.7 Å². The average Bonchev–Trinajstić information content (AvgIpc) is 3.29. The second-order valence-corrected chi connectivity index (χ2v) is 17.6. The smallest absolute Gasteiger partial charge is 0.264 e. The number of ether oxygens (including phenoxy) is 1. The molecule has 62 heavy (non-hydrogen) atoms. The summed E-state index contributed by atoms with van der Waals surface area (Å²) in [5.74, 6) is -0.482. The quantitative estimate of drug-likeness (QED) is 0.0988. The van der Waals surface area contributed by atoms with Crippen molar-refractivity contribution in [2.24, 2.45) is 0 Å². The van der Waals surface area contributed by atoms with E-state index in [0.29, 0.717) is 22.7 Å². The number of rotatable bonds is 16. The molecule has 0 aromatic heterocycles. The number of nitrogens with zero attached hydrogens (tertiary/aromatic N) is 2. The van der Waals surface area contributed by atoms with Crippen LogP contribution in [0.2, 0.25) is 0 Å². The van der Waals surface area contributed by atoms with Crippen molar-refractivity contribution >= 4 is 54.6 Å². The number of hydrogen-bond acceptors (Lipinski definition) is 7. The van der Waals surface area contributed by atoms with E-state index in [1.165, 1.54) is 15.7 Å². The van der Waals surface area contributed by atoms with Crippen LogP contribution in [-0.2, 0) is 53.9 Å². The van der Waals surface area contributed by atoms with Crippen molar-refractivity contribution in [3.05, 3.63) is 217 Å². The van der Waals surface area contributed by atoms with E-state index >= 15 is 0 Å². The normalized spacial score (nSPS) is 11.0. The zero-order chi connectivity index (χ0) is 43.8. The minimum atomic E-state index is -3.83. The summed E-state index contributed by atoms with van der Waals surface area (Å²) in [6.45, 7) is 0.243. The Balaban J connectivity index is 0.000000209. The standard InChI is InChI=1S/C27H24N2O3S.C22H22N2O4S/c30-27(19-22-11-4-1-5-12-22)28-24-15-10-16-25(20-24)29(21-23-13-6-2-7-14-23)33(31,32)26-17-8-3-9-18-26;1-28-17-22(25)23-19-11-8-12-20(15-19)24(16-18-9-4-2-5-10-18)29(26,27)21-13-6-3-7-14-21/h1-18,20H,19,21H2,(H,28,30);2-15H,16-17H2,1H3,(H,23,25). The Labute approximate surface area is 363 Å². The van der Waals surface area contributed by atoms with Crippen molar-refractivity contribution in [1.29, 1.82) is 0 Å². The number of nitrogens with one attached hydrogen (secondary N) is 2. The Bertz CT molecular complexity index is 2750. The van der Waals surface area contributed by atoms with Crippen molar-refractivity contribution < 1.29 is 31.2 Å². The van der Waals surface area contributed by atoms with Gasteiger partial charge < -0.3 is 15.4 Å². The molecule has 0 aliphatic rings. The summed E-state index contributed by atoms with van der Waals surface area (Å²) in [5.41, 5.74) is 4.56. The highest BCUT2D eigenvalue weighted by Gasteiger charge is 2.27. The number of carbonyl (C=O) groups excluding carboxylic acids is 2. The Morgan fingerprint density at radius 3 is 1.19 bits per heavy atom. The molecular weight excluding hydrogens is 821 g/mol. The van der Waals surface area contributed by atoms with E-state index in [-0.39, 0.29) is 47.7 Å². The monoisotopic (exact) mass is 866 g/mol. The van der Waals surface area contributed by atoms with Gasteiger partial charge in [-0.3, -0.25) is 18.2 Å². The highest BCUT2D eigenvalue weighted by atomic mass is 32.2. The first-order valence-corrected chi connectivity index (χ1v) is 22.5. The predicted molar refractivity (Wildman–Crippen MR) is 245 cm³/mol. The molecule has 0 aliphatic carbocycles. The Kier molecular flexibility index (Phi) is 15.4. The van der Waals surface area contributed by atoms with Crippen LogP contribution >= 0.6 is 0 Å². The van der Waals surface area contributed by atoms with E-state index in [1.807, 2.05) is 91.0 Å². The van der Waals surface area contributed by atoms with Crippen molar-refractivity contribution in [1.82, 2.24) is 0 Å². The minimum Gasteiger partial charge on any atom is -0.375 e. The SMILES string of the molecule is COCC(=O)Nc1cccc(N(Cc2ccccc2)S(=O)(=O)c2ccccc2)c1.O=C(Cc1ccccc1)Nc1cccc(N(Cc2ccccc2)S(=O)(=O)c2ccccc2)c1. The molecule has 13 heteroatoms. The number of sulfonamides is 2. The van der Waals surface area contributed by atoms with Gasteiger partial charge in [-0.15, -0.1) is 0 Å². The maximum absolute atomic E-state index is 13.6. The number of hydrogen-bond donors (Lipinski definition) is 2. The molecule has 2 N–H and O–H groups in total. The number of amides is 2. The molecule has 0 fully saturated rings. The van der Waals surface area contributed by atoms with Gasteiger partial charge >= 0.3 is 0 Å². The fourth-order valence-corrected chi connectivity index (χ4v) is 9.29. The van der Waals surface area contributed by atoms with Gasteiger partial charge in [0.1, 0.15) is 6.61 Å². The largest absolute Gasteiger partial charge is 0.375 e. The van der Waals surface area contributed by atoms with Crippen LogP contribution in [-0.4, -0.2) is 42.4 Å². The summed E-state index contributed by atoms with van der Waals surface area (Å²) >= 11 is 0. The van der Waals surface area contributed by atoms with E-state index in [9.17, 15) is 26.4 Å². The fourth-order valence-electron chi connectivity index (χ4n) is 6.36. The maximum atomic E-state index is 13.6. The molecule has 0 heterocycles. The molecule has 0 spiro atoms. The van der Waals surface area contributed by atoms with Crippen LogP contribution < -0.4 is 19.2 Å². The highest BCUT2D eigenvalue weighted by molar-refractivity contribution is 7.93. The average molecular weight is 867 g/mol. The van der Waals surface area contributed by atoms with Crippen LogP contribution in [0.4, 0.5) is 22.7 Å². The summed E-state index contributed by atoms with van der Waals surface area (Å²) in [4.78, 5) is 24.8. The first-order chi connectivity index (χ1) is 30.0. The summed E-state index contributed by atoms with van der Waals surface area (Å²) in [6, 6.07) is 58.5. The van der Waals surface area contributed by atoms with Gasteiger partial charge in [0.25, 0.3) is 20.0 Å². The Morgan fingerprint density at radius 2 is 0.806 bits per heavy atom. The molecule has 316 valence electrons. The van der Waals surface area contributed by atoms with E-state index in [4.69, 9.17) is 4.74 Å². The molecule has 2 amide bonds. The van der Waals surface area contributed by atoms with Gasteiger partial charge in [0, 0.05) is 18.5 Å². The zero-order valence-electron chi connectivity index (χ0n) is 33.9. The molecular formula is C49H46N4O7S2. The van der Waals surface area contributed by atoms with Gasteiger partial charge in [-0.05, 0) is 77.4 Å². The molecule has 0 saturated carbocycles. The maximum Gasteiger partial charge on any atom is 0.264 e. The van der Waals surface area contributed by atoms with Crippen LogP contribution in [0.15, 0.2) is 210 Å². The first-order valence-electron chi connectivity index (χ1n) is 19.6. The van der Waals surface area contributed by atoms with Crippen molar-refractivity contribution in [3.63, 3.8) is 0 Å². The van der Waals surface area contributed by atoms with E-state index in [1.54, 1.807) is 109 Å². The number of methoxy groups -OCH3 is 1. The van der Waals surface area contributed by atoms with Gasteiger partial charge in [0.2, 0.25) is 11.8 Å². The van der Waals surface area contributed by atoms with Crippen LogP contribution in [0.25, 0.3) is 0 Å². The Hall–Kier alpha value is -7.06. The number of carbonyl (C=O) groups is 2. The minimum absolute atomic E-state index is 0.0831. The lowest BCUT2D eigenvalue weighted by atomic mass is 10.1. The second kappa shape index (κ2) is 21.5. The lowest BCUT2D eigenvalue weighted by molar-refractivity contribution is -0.119. The predicted octanol–water partition coefficient (Wildman–Crippen LogP) is 8.93. The first kappa shape index (κ1) is 44.5. The summed E-state index contributed by atoms with van der Waals surface area (Å²) in [7, 11) is -6.20. The molecule has 0 aliphatic heterocycles. The van der Waals surface area contributed by atoms with Gasteiger partial charge in [0.05, 0.1) is 40.7 Å². The molecule has 7 aromatic carbocycles. The van der Waals surface area contributed by atoms with Gasteiger partial charge in [-0.2, -0.15) is 0 Å². The zero-order valence-corrected chi connectivity index (χ0v) is 35.6. The van der Waals surface area contributed by atoms with Crippen LogP contribution in [0.3, 0.4) is 0 Å². The third-order valence-corrected chi connectivity index (χ3v) is 12.9. The van der Waals surface area contributed by atoms with Gasteiger partial charge in [-0.1, -0.05) is 140 Å². The number of anilines is 4. The highest BCUT2D eigenvalue weighted by Crippen LogP contribution is 2.30. The van der Waals surface area contributed by atoms with Gasteiger partial charge in [0.15, 0.2) is 0 Å². The summed E-state index contributed by atoms with van der Waals surface area (Å²) in [6.07, 6.45) is 0.237. The van der Waals surface area contributed by atoms with Crippen LogP contribution in [0, 0.1) is 0 Å². The molecule has 0 saturated heterocycles. The fraction of sp³-hybridized carbons (Fsp3) is 0.102. The molecule has 0 atom stereocenters. The van der Waals surface area contributed by atoms with Crippen molar-refractivity contribution in [2.45, 2.75) is 29.3 Å². The third-order valence-electron chi connectivity index (χ3n) is 9.32. The molecule has 7 rings (SSSR count). The lowest BCUT2D eigenvalue weighted by Crippen LogP contribution is -2.30. The molecule has 11 nitrogen and oxygen atoms in total. The molecule has 0 radical (unpaired) electrons. The molecule has 0 unspecified atom stereocenters. The van der Waals surface area contributed by atoms with E-state index in [2.05, 4.69) is 10.6 Å². The molecule has 0 bridgehead atoms. The van der Waals surface area contributed by atoms with E-state index < -0.39 is 20.0 Å². The molecule has 7 aromatic rings. The summed E-state index contributed by atoms with van der Waals surface area (Å²) < 4.78 is 61.4. The third kappa shape index (κ3) is 12.3. The van der Waals surface area contributed by atoms with Crippen molar-refractivity contribution in [3.8, 4) is 0 Å². The van der Waals surface area contributed by atoms with Crippen LogP contribution in [0.5, 0.6) is 0 Å². The summed E-state index contributed by atoms with van der Waals surface area (Å²) in [5, 5.41) is 5.59. The van der Waals surface area contributed by atoms with Crippen molar-refractivity contribution in [2.75, 3.05) is 33.0 Å². The Morgan fingerprint density at radius 1 is 0.452 bits per heavy atom. The van der Waals surface area contributed by atoms with Gasteiger partial charge in [-0.25, -0.2) is 16.8 Å². The second-order valence-electron chi connectivity index (χ2n) is 13.9. The lowest BCUT2D eigenvalue weighted by Gasteiger charge is -2.25. The van der Waals surface area contributed by atoms with Crippen LogP contribution in [0.1, 0.15) is 16.7 Å². The number of benzene rings is 7.